The van der Waals surface area contributed by atoms with Gasteiger partial charge in [0.2, 0.25) is 5.95 Å². The number of amides is 1. The molecule has 0 saturated carbocycles. The fourth-order valence-electron chi connectivity index (χ4n) is 5.16. The summed E-state index contributed by atoms with van der Waals surface area (Å²) in [5, 5.41) is 0. The van der Waals surface area contributed by atoms with Gasteiger partial charge in [0.1, 0.15) is 23.1 Å². The zero-order valence-electron chi connectivity index (χ0n) is 21.0. The Morgan fingerprint density at radius 2 is 1.75 bits per heavy atom. The van der Waals surface area contributed by atoms with E-state index in [9.17, 15) is 9.18 Å². The van der Waals surface area contributed by atoms with Crippen LogP contribution in [0.25, 0.3) is 11.3 Å². The quantitative estimate of drug-likeness (QED) is 0.583. The van der Waals surface area contributed by atoms with Gasteiger partial charge in [-0.1, -0.05) is 6.07 Å². The van der Waals surface area contributed by atoms with Gasteiger partial charge in [-0.3, -0.25) is 4.79 Å². The minimum atomic E-state index is -0.527. The Hall–Kier alpha value is -3.75. The normalized spacial score (nSPS) is 20.2. The van der Waals surface area contributed by atoms with E-state index >= 15 is 0 Å². The van der Waals surface area contributed by atoms with Gasteiger partial charge in [-0.15, -0.1) is 0 Å². The Bertz CT molecular complexity index is 1270. The molecule has 188 valence electrons. The van der Waals surface area contributed by atoms with Crippen molar-refractivity contribution in [2.45, 2.75) is 45.7 Å². The molecule has 2 N–H and O–H groups in total. The Balaban J connectivity index is 1.46. The highest BCUT2D eigenvalue weighted by molar-refractivity contribution is 5.91. The number of carbonyl (C=O) groups is 1. The van der Waals surface area contributed by atoms with Gasteiger partial charge in [0.15, 0.2) is 0 Å². The highest BCUT2D eigenvalue weighted by atomic mass is 19.1. The maximum atomic E-state index is 13.6. The van der Waals surface area contributed by atoms with Crippen molar-refractivity contribution in [2.75, 3.05) is 40.9 Å². The number of halogens is 1. The number of piperazine rings is 1. The second-order valence-corrected chi connectivity index (χ2v) is 9.79. The molecule has 2 aliphatic heterocycles. The van der Waals surface area contributed by atoms with E-state index in [1.165, 1.54) is 12.1 Å². The fraction of sp³-hybridized carbons (Fsp3) is 0.407. The zero-order valence-corrected chi connectivity index (χ0v) is 21.0. The highest BCUT2D eigenvalue weighted by Crippen LogP contribution is 2.31. The number of carbonyl (C=O) groups excluding carboxylic acids is 1. The van der Waals surface area contributed by atoms with Crippen LogP contribution in [0.5, 0.6) is 0 Å². The lowest BCUT2D eigenvalue weighted by Crippen LogP contribution is -2.53. The van der Waals surface area contributed by atoms with Crippen molar-refractivity contribution in [3.8, 4) is 11.3 Å². The average Bonchev–Trinajstić information content (AvgIpc) is 3.30. The lowest BCUT2D eigenvalue weighted by molar-refractivity contribution is 0.0995. The summed E-state index contributed by atoms with van der Waals surface area (Å²) in [5.41, 5.74) is 8.40. The van der Waals surface area contributed by atoms with Crippen molar-refractivity contribution in [1.82, 2.24) is 15.0 Å². The second kappa shape index (κ2) is 9.72. The van der Waals surface area contributed by atoms with Crippen molar-refractivity contribution in [3.63, 3.8) is 0 Å². The number of benzene rings is 1. The first-order valence-corrected chi connectivity index (χ1v) is 12.5. The van der Waals surface area contributed by atoms with Gasteiger partial charge in [-0.2, -0.15) is 4.98 Å². The van der Waals surface area contributed by atoms with Gasteiger partial charge in [0.25, 0.3) is 5.91 Å². The lowest BCUT2D eigenvalue weighted by atomic mass is 10.1. The van der Waals surface area contributed by atoms with Gasteiger partial charge >= 0.3 is 0 Å². The molecule has 8 nitrogen and oxygen atoms in total. The molecule has 2 aromatic heterocycles. The number of pyridine rings is 1. The van der Waals surface area contributed by atoms with Gasteiger partial charge in [-0.05, 0) is 69.5 Å². The molecular weight excluding hydrogens is 457 g/mol. The van der Waals surface area contributed by atoms with Gasteiger partial charge in [0.05, 0.1) is 5.69 Å². The van der Waals surface area contributed by atoms with Crippen molar-refractivity contribution >= 4 is 23.5 Å². The molecular formula is C27H32FN7O. The van der Waals surface area contributed by atoms with Crippen LogP contribution in [0.1, 0.15) is 42.7 Å². The van der Waals surface area contributed by atoms with E-state index < -0.39 is 5.91 Å². The van der Waals surface area contributed by atoms with Crippen molar-refractivity contribution in [3.05, 3.63) is 59.5 Å². The molecule has 0 aliphatic carbocycles. The summed E-state index contributed by atoms with van der Waals surface area (Å²) in [6.07, 6.45) is 2.23. The first-order valence-electron chi connectivity index (χ1n) is 12.5. The number of anilines is 3. The fourth-order valence-corrected chi connectivity index (χ4v) is 5.16. The zero-order chi connectivity index (χ0) is 25.4. The summed E-state index contributed by atoms with van der Waals surface area (Å²) in [4.78, 5) is 32.9. The first kappa shape index (κ1) is 24.0. The predicted octanol–water partition coefficient (Wildman–Crippen LogP) is 3.79. The summed E-state index contributed by atoms with van der Waals surface area (Å²) in [6.45, 7) is 9.48. The number of nitrogens with two attached hydrogens (primary N) is 1. The van der Waals surface area contributed by atoms with E-state index in [0.29, 0.717) is 6.04 Å². The number of rotatable bonds is 5. The number of nitrogens with zero attached hydrogens (tertiary/aromatic N) is 6. The Labute approximate surface area is 211 Å². The van der Waals surface area contributed by atoms with Crippen LogP contribution in [0.4, 0.5) is 22.0 Å². The molecule has 3 aromatic rings. The van der Waals surface area contributed by atoms with Crippen LogP contribution in [-0.2, 0) is 0 Å². The van der Waals surface area contributed by atoms with E-state index in [1.807, 2.05) is 19.1 Å². The van der Waals surface area contributed by atoms with E-state index in [-0.39, 0.29) is 17.6 Å². The molecule has 9 heteroatoms. The monoisotopic (exact) mass is 489 g/mol. The summed E-state index contributed by atoms with van der Waals surface area (Å²) in [6, 6.07) is 12.5. The van der Waals surface area contributed by atoms with Crippen LogP contribution in [0.2, 0.25) is 0 Å². The maximum absolute atomic E-state index is 13.6. The molecule has 0 unspecified atom stereocenters. The molecule has 4 heterocycles. The van der Waals surface area contributed by atoms with Crippen LogP contribution in [0, 0.1) is 12.7 Å². The van der Waals surface area contributed by atoms with Crippen LogP contribution >= 0.6 is 0 Å². The lowest BCUT2D eigenvalue weighted by Gasteiger charge is -2.41. The third-order valence-corrected chi connectivity index (χ3v) is 7.19. The largest absolute Gasteiger partial charge is 0.364 e. The van der Waals surface area contributed by atoms with Crippen LogP contribution in [0.3, 0.4) is 0 Å². The van der Waals surface area contributed by atoms with Crippen molar-refractivity contribution in [1.29, 1.82) is 0 Å². The topological polar surface area (TPSA) is 91.5 Å². The Kier molecular flexibility index (Phi) is 6.47. The van der Waals surface area contributed by atoms with E-state index in [0.717, 1.165) is 73.4 Å². The summed E-state index contributed by atoms with van der Waals surface area (Å²) in [7, 11) is 0. The van der Waals surface area contributed by atoms with Crippen LogP contribution in [-0.4, -0.2) is 59.1 Å². The molecule has 2 aliphatic rings. The third-order valence-electron chi connectivity index (χ3n) is 7.19. The number of primary amides is 1. The SMILES string of the molecule is Cc1ccc(C(N)=O)nc1N1CCN(c2cc(-c3ccc(F)cc3)nc(N3CCC[C@H]3C)n2)[C@H](C)C1. The van der Waals surface area contributed by atoms with Gasteiger partial charge in [0, 0.05) is 49.9 Å². The highest BCUT2D eigenvalue weighted by Gasteiger charge is 2.29. The van der Waals surface area contributed by atoms with Crippen molar-refractivity contribution < 1.29 is 9.18 Å². The molecule has 2 atom stereocenters. The van der Waals surface area contributed by atoms with E-state index in [2.05, 4.69) is 33.5 Å². The molecule has 1 aromatic carbocycles. The first-order chi connectivity index (χ1) is 17.3. The summed E-state index contributed by atoms with van der Waals surface area (Å²) >= 11 is 0. The smallest absolute Gasteiger partial charge is 0.267 e. The Morgan fingerprint density at radius 3 is 2.42 bits per heavy atom. The van der Waals surface area contributed by atoms with Crippen LogP contribution < -0.4 is 20.4 Å². The molecule has 1 amide bonds. The average molecular weight is 490 g/mol. The van der Waals surface area contributed by atoms with E-state index in [1.54, 1.807) is 18.2 Å². The number of aryl methyl sites for hydroxylation is 1. The molecule has 5 rings (SSSR count). The van der Waals surface area contributed by atoms with Gasteiger partial charge in [-0.25, -0.2) is 14.4 Å². The predicted molar refractivity (Wildman–Crippen MR) is 140 cm³/mol. The molecule has 0 radical (unpaired) electrons. The number of hydrogen-bond acceptors (Lipinski definition) is 7. The number of aromatic nitrogens is 3. The number of hydrogen-bond donors (Lipinski definition) is 1. The Morgan fingerprint density at radius 1 is 0.972 bits per heavy atom. The molecule has 2 saturated heterocycles. The molecule has 0 bridgehead atoms. The summed E-state index contributed by atoms with van der Waals surface area (Å²) < 4.78 is 13.6. The van der Waals surface area contributed by atoms with Crippen molar-refractivity contribution in [2.24, 2.45) is 5.73 Å². The molecule has 0 spiro atoms. The second-order valence-electron chi connectivity index (χ2n) is 9.79. The summed E-state index contributed by atoms with van der Waals surface area (Å²) in [5.74, 6) is 1.58. The van der Waals surface area contributed by atoms with Gasteiger partial charge < -0.3 is 20.4 Å². The minimum absolute atomic E-state index is 0.136. The molecule has 36 heavy (non-hydrogen) atoms. The third kappa shape index (κ3) is 4.69. The van der Waals surface area contributed by atoms with Crippen LogP contribution in [0.15, 0.2) is 42.5 Å². The minimum Gasteiger partial charge on any atom is -0.364 e. The standard InChI is InChI=1S/C27H32FN7O/c1-17-6-11-22(25(29)36)30-26(17)33-13-14-34(19(3)16-33)24-15-23(20-7-9-21(28)10-8-20)31-27(32-24)35-12-4-5-18(35)2/h6-11,15,18-19H,4-5,12-14,16H2,1-3H3,(H2,29,36)/t18-,19-/m1/s1. The maximum Gasteiger partial charge on any atom is 0.267 e. The van der Waals surface area contributed by atoms with E-state index in [4.69, 9.17) is 15.7 Å². The molecule has 2 fully saturated rings.